The van der Waals surface area contributed by atoms with E-state index in [1.807, 2.05) is 13.0 Å². The van der Waals surface area contributed by atoms with Gasteiger partial charge in [-0.1, -0.05) is 18.2 Å². The van der Waals surface area contributed by atoms with E-state index in [1.54, 1.807) is 46.8 Å². The average Bonchev–Trinajstić information content (AvgIpc) is 2.79. The molecule has 2 aromatic carbocycles. The van der Waals surface area contributed by atoms with Gasteiger partial charge in [-0.2, -0.15) is 4.31 Å². The van der Waals surface area contributed by atoms with E-state index in [0.29, 0.717) is 30.2 Å². The Hall–Kier alpha value is -2.65. The molecule has 0 spiro atoms. The summed E-state index contributed by atoms with van der Waals surface area (Å²) in [5.74, 6) is 0. The highest BCUT2D eigenvalue weighted by Crippen LogP contribution is 2.35. The van der Waals surface area contributed by atoms with Crippen molar-refractivity contribution in [2.24, 2.45) is 0 Å². The van der Waals surface area contributed by atoms with Crippen LogP contribution in [0.4, 0.5) is 17.1 Å². The van der Waals surface area contributed by atoms with Gasteiger partial charge in [0.2, 0.25) is 10.0 Å². The molecule has 0 bridgehead atoms. The zero-order valence-electron chi connectivity index (χ0n) is 17.7. The minimum absolute atomic E-state index is 0.129. The molecule has 2 aromatic rings. The maximum atomic E-state index is 13.0. The third kappa shape index (κ3) is 4.38. The van der Waals surface area contributed by atoms with Crippen molar-refractivity contribution in [2.45, 2.75) is 37.1 Å². The van der Waals surface area contributed by atoms with Crippen LogP contribution < -0.4 is 9.80 Å². The molecular weight excluding hydrogens is 416 g/mol. The topological polar surface area (TPSA) is 87.0 Å². The highest BCUT2D eigenvalue weighted by molar-refractivity contribution is 7.89. The maximum absolute atomic E-state index is 13.0. The third-order valence-electron chi connectivity index (χ3n) is 6.13. The molecule has 9 heteroatoms. The van der Waals surface area contributed by atoms with E-state index in [-0.39, 0.29) is 16.7 Å². The maximum Gasteiger partial charge on any atom is 0.292 e. The van der Waals surface area contributed by atoms with Crippen LogP contribution in [0.5, 0.6) is 0 Å². The summed E-state index contributed by atoms with van der Waals surface area (Å²) in [7, 11) is -3.55. The van der Waals surface area contributed by atoms with Gasteiger partial charge in [-0.3, -0.25) is 10.1 Å². The van der Waals surface area contributed by atoms with Crippen LogP contribution in [0.3, 0.4) is 0 Å². The van der Waals surface area contributed by atoms with Crippen molar-refractivity contribution in [3.8, 4) is 0 Å². The van der Waals surface area contributed by atoms with Gasteiger partial charge in [0.1, 0.15) is 5.69 Å². The Morgan fingerprint density at radius 1 is 0.935 bits per heavy atom. The molecule has 0 aromatic heterocycles. The number of sulfonamides is 1. The normalized spacial score (nSPS) is 20.6. The van der Waals surface area contributed by atoms with Crippen LogP contribution in [-0.2, 0) is 10.0 Å². The Kier molecular flexibility index (Phi) is 6.15. The van der Waals surface area contributed by atoms with Crippen molar-refractivity contribution >= 4 is 27.1 Å². The lowest BCUT2D eigenvalue weighted by atomic mass is 10.1. The summed E-state index contributed by atoms with van der Waals surface area (Å²) in [5.41, 5.74) is 1.69. The van der Waals surface area contributed by atoms with Crippen molar-refractivity contribution in [1.29, 1.82) is 0 Å². The predicted molar refractivity (Wildman–Crippen MR) is 121 cm³/mol. The Bertz CT molecular complexity index is 1040. The fraction of sp³-hybridized carbons (Fsp3) is 0.455. The number of rotatable bonds is 5. The number of nitro benzene ring substituents is 1. The van der Waals surface area contributed by atoms with Crippen molar-refractivity contribution < 1.29 is 13.3 Å². The van der Waals surface area contributed by atoms with Gasteiger partial charge < -0.3 is 9.80 Å². The zero-order valence-corrected chi connectivity index (χ0v) is 18.5. The monoisotopic (exact) mass is 444 g/mol. The van der Waals surface area contributed by atoms with E-state index in [0.717, 1.165) is 38.0 Å². The van der Waals surface area contributed by atoms with E-state index in [9.17, 15) is 18.5 Å². The van der Waals surface area contributed by atoms with Crippen molar-refractivity contribution in [1.82, 2.24) is 4.31 Å². The first kappa shape index (κ1) is 21.6. The lowest BCUT2D eigenvalue weighted by Crippen LogP contribution is -2.54. The molecule has 0 saturated carbocycles. The first-order valence-electron chi connectivity index (χ1n) is 10.7. The lowest BCUT2D eigenvalue weighted by molar-refractivity contribution is -0.384. The van der Waals surface area contributed by atoms with Gasteiger partial charge in [0.15, 0.2) is 0 Å². The van der Waals surface area contributed by atoms with Crippen LogP contribution in [0.15, 0.2) is 53.4 Å². The average molecular weight is 445 g/mol. The van der Waals surface area contributed by atoms with Gasteiger partial charge >= 0.3 is 0 Å². The van der Waals surface area contributed by atoms with Crippen LogP contribution >= 0.6 is 0 Å². The Morgan fingerprint density at radius 2 is 1.65 bits per heavy atom. The van der Waals surface area contributed by atoms with Gasteiger partial charge in [-0.15, -0.1) is 0 Å². The van der Waals surface area contributed by atoms with E-state index >= 15 is 0 Å². The van der Waals surface area contributed by atoms with Crippen LogP contribution in [0.2, 0.25) is 0 Å². The molecule has 2 saturated heterocycles. The molecule has 4 rings (SSSR count). The number of piperidine rings is 1. The summed E-state index contributed by atoms with van der Waals surface area (Å²) in [5, 5.41) is 11.6. The predicted octanol–water partition coefficient (Wildman–Crippen LogP) is 3.48. The molecule has 2 heterocycles. The third-order valence-corrected chi connectivity index (χ3v) is 8.16. The molecule has 2 fully saturated rings. The SMILES string of the molecule is CC1CN(c2ccc([N+](=O)[O-])c(N3CCCCC3)c2)CCN1S(=O)(=O)c1ccccc1. The van der Waals surface area contributed by atoms with E-state index in [1.165, 1.54) is 0 Å². The number of benzene rings is 2. The van der Waals surface area contributed by atoms with Crippen LogP contribution in [0.25, 0.3) is 0 Å². The fourth-order valence-electron chi connectivity index (χ4n) is 4.51. The van der Waals surface area contributed by atoms with Crippen molar-refractivity contribution in [3.05, 3.63) is 58.6 Å². The van der Waals surface area contributed by atoms with E-state index in [2.05, 4.69) is 9.80 Å². The molecule has 2 aliphatic heterocycles. The highest BCUT2D eigenvalue weighted by Gasteiger charge is 2.34. The number of nitro groups is 1. The highest BCUT2D eigenvalue weighted by atomic mass is 32.2. The van der Waals surface area contributed by atoms with Gasteiger partial charge in [0.05, 0.1) is 9.82 Å². The molecule has 1 atom stereocenters. The second kappa shape index (κ2) is 8.84. The summed E-state index contributed by atoms with van der Waals surface area (Å²) in [6, 6.07) is 13.5. The Morgan fingerprint density at radius 3 is 2.29 bits per heavy atom. The molecule has 2 aliphatic rings. The lowest BCUT2D eigenvalue weighted by Gasteiger charge is -2.40. The summed E-state index contributed by atoms with van der Waals surface area (Å²) in [6.45, 7) is 4.99. The summed E-state index contributed by atoms with van der Waals surface area (Å²) >= 11 is 0. The summed E-state index contributed by atoms with van der Waals surface area (Å²) in [6.07, 6.45) is 3.22. The van der Waals surface area contributed by atoms with Crippen LogP contribution in [0, 0.1) is 10.1 Å². The molecule has 31 heavy (non-hydrogen) atoms. The minimum atomic E-state index is -3.55. The fourth-order valence-corrected chi connectivity index (χ4v) is 6.15. The molecular formula is C22H28N4O4S. The van der Waals surface area contributed by atoms with Crippen molar-refractivity contribution in [3.63, 3.8) is 0 Å². The van der Waals surface area contributed by atoms with E-state index < -0.39 is 10.0 Å². The summed E-state index contributed by atoms with van der Waals surface area (Å²) in [4.78, 5) is 15.8. The molecule has 0 radical (unpaired) electrons. The second-order valence-corrected chi connectivity index (χ2v) is 10.1. The Balaban J connectivity index is 1.56. The molecule has 1 unspecified atom stereocenters. The molecule has 8 nitrogen and oxygen atoms in total. The molecule has 0 N–H and O–H groups in total. The second-order valence-electron chi connectivity index (χ2n) is 8.20. The number of hydrogen-bond donors (Lipinski definition) is 0. The number of piperazine rings is 1. The number of nitrogens with zero attached hydrogens (tertiary/aromatic N) is 4. The molecule has 0 amide bonds. The largest absolute Gasteiger partial charge is 0.369 e. The minimum Gasteiger partial charge on any atom is -0.369 e. The first-order chi connectivity index (χ1) is 14.9. The quantitative estimate of drug-likeness (QED) is 0.518. The van der Waals surface area contributed by atoms with Crippen LogP contribution in [0.1, 0.15) is 26.2 Å². The van der Waals surface area contributed by atoms with Gasteiger partial charge in [-0.05, 0) is 50.5 Å². The van der Waals surface area contributed by atoms with Gasteiger partial charge in [0.25, 0.3) is 5.69 Å². The molecule has 166 valence electrons. The first-order valence-corrected chi connectivity index (χ1v) is 12.2. The van der Waals surface area contributed by atoms with Crippen molar-refractivity contribution in [2.75, 3.05) is 42.5 Å². The zero-order chi connectivity index (χ0) is 22.0. The van der Waals surface area contributed by atoms with Crippen LogP contribution in [-0.4, -0.2) is 56.4 Å². The summed E-state index contributed by atoms with van der Waals surface area (Å²) < 4.78 is 27.6. The Labute approximate surface area is 183 Å². The standard InChI is InChI=1S/C22H28N4O4S/c1-18-17-24(14-15-25(18)31(29,30)20-8-4-2-5-9-20)19-10-11-21(26(27)28)22(16-19)23-12-6-3-7-13-23/h2,4-5,8-11,16,18H,3,6-7,12-15,17H2,1H3. The smallest absolute Gasteiger partial charge is 0.292 e. The molecule has 0 aliphatic carbocycles. The van der Waals surface area contributed by atoms with E-state index in [4.69, 9.17) is 0 Å². The van der Waals surface area contributed by atoms with Gasteiger partial charge in [-0.25, -0.2) is 8.42 Å². The number of anilines is 2. The van der Waals surface area contributed by atoms with Gasteiger partial charge in [0, 0.05) is 50.5 Å². The number of hydrogen-bond acceptors (Lipinski definition) is 6.